The van der Waals surface area contributed by atoms with Crippen molar-refractivity contribution in [2.45, 2.75) is 38.6 Å². The van der Waals surface area contributed by atoms with Crippen molar-refractivity contribution in [3.63, 3.8) is 0 Å². The maximum atomic E-state index is 14.5. The fourth-order valence-electron chi connectivity index (χ4n) is 3.98. The number of nitrogens with zero attached hydrogens (tertiary/aromatic N) is 5. The highest BCUT2D eigenvalue weighted by molar-refractivity contribution is 5.70. The standard InChI is InChI=1S/C22H26FN7O/c1-12(2)30-9-3-4-13(11-30)16-10-17(29-22(25)28-16)20-18(31)6-5-15(27-20)14-7-8-26-21(24)19(14)23/h5-8,10,12-13,31H,3-4,9,11H2,1-2H3,(H2,24,26)(H2,25,28,29). The van der Waals surface area contributed by atoms with Gasteiger partial charge in [0.05, 0.1) is 17.1 Å². The van der Waals surface area contributed by atoms with E-state index < -0.39 is 5.82 Å². The third kappa shape index (κ3) is 4.27. The van der Waals surface area contributed by atoms with E-state index in [1.165, 1.54) is 24.4 Å². The molecule has 1 atom stereocenters. The molecule has 1 unspecified atom stereocenters. The SMILES string of the molecule is CC(C)N1CCCC(c2cc(-c3nc(-c4ccnc(N)c4F)ccc3O)nc(N)n2)C1. The van der Waals surface area contributed by atoms with Crippen LogP contribution in [0.25, 0.3) is 22.6 Å². The van der Waals surface area contributed by atoms with Gasteiger partial charge in [0.15, 0.2) is 11.6 Å². The quantitative estimate of drug-likeness (QED) is 0.584. The fourth-order valence-corrected chi connectivity index (χ4v) is 3.98. The van der Waals surface area contributed by atoms with Crippen LogP contribution in [0.1, 0.15) is 38.3 Å². The summed E-state index contributed by atoms with van der Waals surface area (Å²) in [6.07, 6.45) is 3.48. The van der Waals surface area contributed by atoms with Gasteiger partial charge in [-0.1, -0.05) is 0 Å². The van der Waals surface area contributed by atoms with Crippen LogP contribution in [-0.2, 0) is 0 Å². The molecule has 162 valence electrons. The van der Waals surface area contributed by atoms with E-state index in [9.17, 15) is 9.50 Å². The summed E-state index contributed by atoms with van der Waals surface area (Å²) in [6.45, 7) is 6.31. The zero-order valence-corrected chi connectivity index (χ0v) is 17.6. The number of nitrogens with two attached hydrogens (primary N) is 2. The highest BCUT2D eigenvalue weighted by Crippen LogP contribution is 2.34. The number of hydrogen-bond donors (Lipinski definition) is 3. The minimum Gasteiger partial charge on any atom is -0.506 e. The molecule has 1 aliphatic heterocycles. The predicted octanol–water partition coefficient (Wildman–Crippen LogP) is 3.20. The molecule has 0 bridgehead atoms. The largest absolute Gasteiger partial charge is 0.506 e. The molecule has 4 rings (SSSR count). The van der Waals surface area contributed by atoms with Crippen molar-refractivity contribution < 1.29 is 9.50 Å². The van der Waals surface area contributed by atoms with Crippen LogP contribution in [0.15, 0.2) is 30.5 Å². The topological polar surface area (TPSA) is 127 Å². The van der Waals surface area contributed by atoms with Gasteiger partial charge in [0.1, 0.15) is 11.4 Å². The Morgan fingerprint density at radius 2 is 1.94 bits per heavy atom. The average Bonchev–Trinajstić information content (AvgIpc) is 2.76. The molecule has 3 aromatic rings. The van der Waals surface area contributed by atoms with Crippen molar-refractivity contribution in [3.05, 3.63) is 42.0 Å². The number of aromatic nitrogens is 4. The highest BCUT2D eigenvalue weighted by atomic mass is 19.1. The summed E-state index contributed by atoms with van der Waals surface area (Å²) in [5, 5.41) is 10.5. The Balaban J connectivity index is 1.74. The van der Waals surface area contributed by atoms with Gasteiger partial charge in [-0.15, -0.1) is 0 Å². The van der Waals surface area contributed by atoms with Crippen molar-refractivity contribution in [2.24, 2.45) is 0 Å². The van der Waals surface area contributed by atoms with Gasteiger partial charge in [-0.05, 0) is 57.5 Å². The first-order valence-corrected chi connectivity index (χ1v) is 10.3. The van der Waals surface area contributed by atoms with Crippen molar-refractivity contribution >= 4 is 11.8 Å². The molecule has 1 aliphatic rings. The van der Waals surface area contributed by atoms with Crippen molar-refractivity contribution in [1.82, 2.24) is 24.8 Å². The molecule has 0 saturated carbocycles. The van der Waals surface area contributed by atoms with E-state index >= 15 is 0 Å². The van der Waals surface area contributed by atoms with Gasteiger partial charge in [0, 0.05) is 30.3 Å². The molecule has 9 heteroatoms. The van der Waals surface area contributed by atoms with E-state index in [0.717, 1.165) is 31.6 Å². The number of aromatic hydroxyl groups is 1. The molecule has 3 aromatic heterocycles. The van der Waals surface area contributed by atoms with E-state index in [0.29, 0.717) is 17.4 Å². The van der Waals surface area contributed by atoms with Gasteiger partial charge in [-0.3, -0.25) is 0 Å². The molecule has 1 fully saturated rings. The number of likely N-dealkylation sites (tertiary alicyclic amines) is 1. The van der Waals surface area contributed by atoms with E-state index in [1.54, 1.807) is 0 Å². The second kappa shape index (κ2) is 8.43. The van der Waals surface area contributed by atoms with E-state index in [2.05, 4.69) is 38.7 Å². The van der Waals surface area contributed by atoms with Crippen molar-refractivity contribution in [1.29, 1.82) is 0 Å². The number of anilines is 2. The van der Waals surface area contributed by atoms with Crippen LogP contribution >= 0.6 is 0 Å². The second-order valence-corrected chi connectivity index (χ2v) is 8.09. The third-order valence-corrected chi connectivity index (χ3v) is 5.67. The molecular formula is C22H26FN7O. The molecule has 0 aliphatic carbocycles. The number of pyridine rings is 2. The van der Waals surface area contributed by atoms with Gasteiger partial charge >= 0.3 is 0 Å². The Kier molecular flexibility index (Phi) is 5.69. The molecule has 0 amide bonds. The van der Waals surface area contributed by atoms with Gasteiger partial charge in [-0.25, -0.2) is 24.3 Å². The monoisotopic (exact) mass is 423 g/mol. The van der Waals surface area contributed by atoms with E-state index in [4.69, 9.17) is 11.5 Å². The Morgan fingerprint density at radius 3 is 2.71 bits per heavy atom. The van der Waals surface area contributed by atoms with Crippen LogP contribution in [0.4, 0.5) is 16.2 Å². The van der Waals surface area contributed by atoms with Crippen LogP contribution in [0, 0.1) is 5.82 Å². The van der Waals surface area contributed by atoms with Crippen molar-refractivity contribution in [2.75, 3.05) is 24.6 Å². The highest BCUT2D eigenvalue weighted by Gasteiger charge is 2.25. The molecule has 0 radical (unpaired) electrons. The van der Waals surface area contributed by atoms with Crippen LogP contribution in [0.5, 0.6) is 5.75 Å². The average molecular weight is 423 g/mol. The summed E-state index contributed by atoms with van der Waals surface area (Å²) in [4.78, 5) is 19.4. The predicted molar refractivity (Wildman–Crippen MR) is 118 cm³/mol. The number of rotatable bonds is 4. The number of hydrogen-bond acceptors (Lipinski definition) is 8. The van der Waals surface area contributed by atoms with Crippen LogP contribution < -0.4 is 11.5 Å². The number of halogens is 1. The Morgan fingerprint density at radius 1 is 1.13 bits per heavy atom. The summed E-state index contributed by atoms with van der Waals surface area (Å²) in [5.74, 6) is -0.634. The summed E-state index contributed by atoms with van der Waals surface area (Å²) < 4.78 is 14.5. The Labute approximate surface area is 180 Å². The van der Waals surface area contributed by atoms with Crippen molar-refractivity contribution in [3.8, 4) is 28.4 Å². The minimum atomic E-state index is -0.662. The summed E-state index contributed by atoms with van der Waals surface area (Å²) in [7, 11) is 0. The molecule has 0 aromatic carbocycles. The Hall–Kier alpha value is -3.33. The summed E-state index contributed by atoms with van der Waals surface area (Å²) in [5.41, 5.74) is 13.5. The first-order valence-electron chi connectivity index (χ1n) is 10.3. The third-order valence-electron chi connectivity index (χ3n) is 5.67. The molecule has 8 nitrogen and oxygen atoms in total. The first kappa shape index (κ1) is 20.9. The molecule has 1 saturated heterocycles. The first-order chi connectivity index (χ1) is 14.8. The summed E-state index contributed by atoms with van der Waals surface area (Å²) in [6, 6.07) is 6.72. The maximum Gasteiger partial charge on any atom is 0.220 e. The fraction of sp³-hybridized carbons (Fsp3) is 0.364. The zero-order valence-electron chi connectivity index (χ0n) is 17.6. The molecule has 0 spiro atoms. The van der Waals surface area contributed by atoms with Gasteiger partial charge in [-0.2, -0.15) is 0 Å². The minimum absolute atomic E-state index is 0.0808. The zero-order chi connectivity index (χ0) is 22.1. The summed E-state index contributed by atoms with van der Waals surface area (Å²) >= 11 is 0. The van der Waals surface area contributed by atoms with E-state index in [1.807, 2.05) is 6.07 Å². The Bertz CT molecular complexity index is 1110. The van der Waals surface area contributed by atoms with Crippen LogP contribution in [-0.4, -0.2) is 49.1 Å². The van der Waals surface area contributed by atoms with Gasteiger partial charge in [0.25, 0.3) is 0 Å². The van der Waals surface area contributed by atoms with Gasteiger partial charge < -0.3 is 21.5 Å². The van der Waals surface area contributed by atoms with E-state index in [-0.39, 0.29) is 34.7 Å². The normalized spacial score (nSPS) is 17.2. The second-order valence-electron chi connectivity index (χ2n) is 8.09. The smallest absolute Gasteiger partial charge is 0.220 e. The maximum absolute atomic E-state index is 14.5. The van der Waals surface area contributed by atoms with Gasteiger partial charge in [0.2, 0.25) is 5.95 Å². The lowest BCUT2D eigenvalue weighted by Gasteiger charge is -2.35. The number of nitrogen functional groups attached to an aromatic ring is 2. The molecule has 4 heterocycles. The van der Waals surface area contributed by atoms with Crippen LogP contribution in [0.2, 0.25) is 0 Å². The lowest BCUT2D eigenvalue weighted by molar-refractivity contribution is 0.166. The van der Waals surface area contributed by atoms with Crippen LogP contribution in [0.3, 0.4) is 0 Å². The number of piperidine rings is 1. The molecular weight excluding hydrogens is 397 g/mol. The molecule has 5 N–H and O–H groups in total. The lowest BCUT2D eigenvalue weighted by atomic mass is 9.93. The molecule has 31 heavy (non-hydrogen) atoms. The lowest BCUT2D eigenvalue weighted by Crippen LogP contribution is -2.39.